The van der Waals surface area contributed by atoms with E-state index in [-0.39, 0.29) is 110 Å². The molecule has 1 heterocycles. The molecule has 0 saturated carbocycles. The Morgan fingerprint density at radius 1 is 0.714 bits per heavy atom. The molecule has 18 nitrogen and oxygen atoms in total. The first-order chi connectivity index (χ1) is 23.3. The van der Waals surface area contributed by atoms with Crippen LogP contribution in [0.2, 0.25) is 0 Å². The average Bonchev–Trinajstić information content (AvgIpc) is 3.12. The largest absolute Gasteiger partial charge is 0.480 e. The van der Waals surface area contributed by atoms with Gasteiger partial charge in [0.15, 0.2) is 0 Å². The summed E-state index contributed by atoms with van der Waals surface area (Å²) in [4.78, 5) is 74.9. The van der Waals surface area contributed by atoms with Crippen LogP contribution in [0, 0.1) is 0 Å². The monoisotopic (exact) mass is 696 g/mol. The van der Waals surface area contributed by atoms with Gasteiger partial charge in [-0.15, -0.1) is 0 Å². The number of carbonyl (C=O) groups is 6. The van der Waals surface area contributed by atoms with Crippen LogP contribution < -0.4 is 16.4 Å². The van der Waals surface area contributed by atoms with Crippen molar-refractivity contribution < 1.29 is 58.7 Å². The van der Waals surface area contributed by atoms with E-state index in [0.717, 1.165) is 11.1 Å². The zero-order chi connectivity index (χ0) is 36.2. The van der Waals surface area contributed by atoms with Gasteiger partial charge in [-0.1, -0.05) is 24.3 Å². The predicted molar refractivity (Wildman–Crippen MR) is 173 cm³/mol. The van der Waals surface area contributed by atoms with E-state index in [2.05, 4.69) is 10.6 Å². The molecule has 1 aliphatic heterocycles. The molecule has 1 unspecified atom stereocenters. The van der Waals surface area contributed by atoms with E-state index >= 15 is 0 Å². The van der Waals surface area contributed by atoms with E-state index in [4.69, 9.17) is 20.3 Å². The highest BCUT2D eigenvalue weighted by molar-refractivity contribution is 5.78. The highest BCUT2D eigenvalue weighted by atomic mass is 16.5. The van der Waals surface area contributed by atoms with Crippen molar-refractivity contribution in [2.75, 3.05) is 85.3 Å². The van der Waals surface area contributed by atoms with Crippen LogP contribution in [-0.2, 0) is 51.2 Å². The van der Waals surface area contributed by atoms with Gasteiger partial charge in [-0.05, 0) is 24.0 Å². The van der Waals surface area contributed by atoms with Gasteiger partial charge in [0, 0.05) is 58.8 Å². The molecule has 18 heteroatoms. The Balaban J connectivity index is 1.63. The maximum atomic E-state index is 12.4. The number of benzene rings is 1. The molecule has 0 radical (unpaired) electrons. The van der Waals surface area contributed by atoms with Crippen LogP contribution in [-0.4, -0.2) is 168 Å². The minimum atomic E-state index is -1.13. The summed E-state index contributed by atoms with van der Waals surface area (Å²) in [5, 5.41) is 42.6. The smallest absolute Gasteiger partial charge is 0.320 e. The van der Waals surface area contributed by atoms with E-state index in [1.807, 2.05) is 0 Å². The molecule has 2 amide bonds. The average molecular weight is 697 g/mol. The highest BCUT2D eigenvalue weighted by Gasteiger charge is 2.28. The number of hydrogen-bond acceptors (Lipinski definition) is 12. The number of carboxylic acids is 4. The van der Waals surface area contributed by atoms with Crippen LogP contribution >= 0.6 is 0 Å². The number of carbonyl (C=O) groups excluding carboxylic acids is 2. The lowest BCUT2D eigenvalue weighted by atomic mass is 10.0. The van der Waals surface area contributed by atoms with Crippen LogP contribution in [0.25, 0.3) is 0 Å². The molecule has 1 aliphatic rings. The third-order valence-corrected chi connectivity index (χ3v) is 7.69. The first-order valence-electron chi connectivity index (χ1n) is 15.9. The summed E-state index contributed by atoms with van der Waals surface area (Å²) in [7, 11) is 0. The van der Waals surface area contributed by atoms with Crippen molar-refractivity contribution in [3.63, 3.8) is 0 Å². The Hall–Kier alpha value is -4.20. The third-order valence-electron chi connectivity index (χ3n) is 7.69. The second-order valence-corrected chi connectivity index (χ2v) is 11.5. The standard InChI is InChI=1S/C31H48N6O12/c32-24(30(44)45)17-22-1-3-23(4-2-22)18-34-27(39)21-49-16-15-48-14-7-33-26(38)6-5-25(31(46)47)37-12-10-35(19-28(40)41)8-9-36(11-13-37)20-29(42)43/h1-4,24-25H,5-21,32H2,(H,33,38)(H,34,39)(H,40,41)(H,42,43)(H,44,45)(H,46,47)/t24-,25?/m0/s1. The van der Waals surface area contributed by atoms with Crippen molar-refractivity contribution in [2.45, 2.75) is 37.9 Å². The van der Waals surface area contributed by atoms with Crippen molar-refractivity contribution >= 4 is 35.7 Å². The van der Waals surface area contributed by atoms with E-state index < -0.39 is 36.0 Å². The molecular weight excluding hydrogens is 648 g/mol. The van der Waals surface area contributed by atoms with Gasteiger partial charge in [0.1, 0.15) is 18.7 Å². The molecule has 8 N–H and O–H groups in total. The Bertz CT molecular complexity index is 1210. The van der Waals surface area contributed by atoms with Crippen molar-refractivity contribution in [1.29, 1.82) is 0 Å². The topological polar surface area (TPSA) is 262 Å². The molecule has 1 aromatic carbocycles. The Kier molecular flexibility index (Phi) is 18.8. The Morgan fingerprint density at radius 2 is 1.27 bits per heavy atom. The summed E-state index contributed by atoms with van der Waals surface area (Å²) in [5.74, 6) is -4.99. The maximum absolute atomic E-state index is 12.4. The first-order valence-corrected chi connectivity index (χ1v) is 15.9. The van der Waals surface area contributed by atoms with Crippen molar-refractivity contribution in [1.82, 2.24) is 25.3 Å². The highest BCUT2D eigenvalue weighted by Crippen LogP contribution is 2.11. The number of aliphatic carboxylic acids is 4. The van der Waals surface area contributed by atoms with E-state index in [9.17, 15) is 44.1 Å². The second-order valence-electron chi connectivity index (χ2n) is 11.5. The van der Waals surface area contributed by atoms with Gasteiger partial charge >= 0.3 is 23.9 Å². The molecule has 0 aromatic heterocycles. The summed E-state index contributed by atoms with van der Waals surface area (Å²) in [6, 6.07) is 5.06. The third kappa shape index (κ3) is 17.7. The fraction of sp³-hybridized carbons (Fsp3) is 0.613. The quantitative estimate of drug-likeness (QED) is 0.0630. The van der Waals surface area contributed by atoms with E-state index in [1.54, 1.807) is 39.0 Å². The van der Waals surface area contributed by atoms with Crippen molar-refractivity contribution in [3.05, 3.63) is 35.4 Å². The number of nitrogens with zero attached hydrogens (tertiary/aromatic N) is 3. The van der Waals surface area contributed by atoms with Crippen LogP contribution in [0.15, 0.2) is 24.3 Å². The van der Waals surface area contributed by atoms with Gasteiger partial charge in [-0.3, -0.25) is 43.5 Å². The normalized spacial score (nSPS) is 16.0. The van der Waals surface area contributed by atoms with Gasteiger partial charge in [-0.25, -0.2) is 0 Å². The molecule has 2 rings (SSSR count). The molecular formula is C31H48N6O12. The summed E-state index contributed by atoms with van der Waals surface area (Å²) in [6.07, 6.45) is 0.128. The zero-order valence-electron chi connectivity index (χ0n) is 27.5. The van der Waals surface area contributed by atoms with Crippen LogP contribution in [0.5, 0.6) is 0 Å². The van der Waals surface area contributed by atoms with Gasteiger partial charge in [0.2, 0.25) is 11.8 Å². The number of rotatable bonds is 22. The number of hydrogen-bond donors (Lipinski definition) is 7. The van der Waals surface area contributed by atoms with Gasteiger partial charge in [-0.2, -0.15) is 0 Å². The molecule has 2 atom stereocenters. The minimum Gasteiger partial charge on any atom is -0.480 e. The summed E-state index contributed by atoms with van der Waals surface area (Å²) in [5.41, 5.74) is 7.13. The molecule has 0 bridgehead atoms. The number of carboxylic acid groups (broad SMARTS) is 4. The SMILES string of the molecule is N[C@@H](Cc1ccc(CNC(=O)COCCOCCNC(=O)CCC(C(=O)O)N2CCN(CC(=O)O)CCN(CC(=O)O)CC2)cc1)C(=O)O. The molecule has 49 heavy (non-hydrogen) atoms. The zero-order valence-corrected chi connectivity index (χ0v) is 27.5. The Morgan fingerprint density at radius 3 is 1.82 bits per heavy atom. The first kappa shape index (κ1) is 41.0. The van der Waals surface area contributed by atoms with Crippen LogP contribution in [0.3, 0.4) is 0 Å². The van der Waals surface area contributed by atoms with Crippen molar-refractivity contribution in [2.24, 2.45) is 5.73 Å². The molecule has 0 spiro atoms. The summed E-state index contributed by atoms with van der Waals surface area (Å²) < 4.78 is 10.7. The Labute approximate surface area is 284 Å². The predicted octanol–water partition coefficient (Wildman–Crippen LogP) is -2.27. The summed E-state index contributed by atoms with van der Waals surface area (Å²) >= 11 is 0. The number of ether oxygens (including phenoxy) is 2. The molecule has 274 valence electrons. The number of nitrogens with two attached hydrogens (primary N) is 1. The van der Waals surface area contributed by atoms with Gasteiger partial charge < -0.3 is 46.3 Å². The summed E-state index contributed by atoms with van der Waals surface area (Å²) in [6.45, 7) is 1.92. The lowest BCUT2D eigenvalue weighted by Crippen LogP contribution is -2.47. The van der Waals surface area contributed by atoms with Crippen LogP contribution in [0.4, 0.5) is 0 Å². The fourth-order valence-electron chi connectivity index (χ4n) is 5.02. The maximum Gasteiger partial charge on any atom is 0.320 e. The molecule has 1 fully saturated rings. The lowest BCUT2D eigenvalue weighted by Gasteiger charge is -2.30. The lowest BCUT2D eigenvalue weighted by molar-refractivity contribution is -0.145. The van der Waals surface area contributed by atoms with E-state index in [1.165, 1.54) is 0 Å². The minimum absolute atomic E-state index is 0.00258. The van der Waals surface area contributed by atoms with Gasteiger partial charge in [0.25, 0.3) is 0 Å². The van der Waals surface area contributed by atoms with Crippen molar-refractivity contribution in [3.8, 4) is 0 Å². The molecule has 1 saturated heterocycles. The fourth-order valence-corrected chi connectivity index (χ4v) is 5.02. The van der Waals surface area contributed by atoms with E-state index in [0.29, 0.717) is 13.1 Å². The second kappa shape index (κ2) is 22.4. The van der Waals surface area contributed by atoms with Gasteiger partial charge in [0.05, 0.1) is 32.9 Å². The number of nitrogens with one attached hydrogen (secondary N) is 2. The molecule has 1 aromatic rings. The van der Waals surface area contributed by atoms with Crippen LogP contribution in [0.1, 0.15) is 24.0 Å². The molecule has 0 aliphatic carbocycles. The number of amides is 2.